The van der Waals surface area contributed by atoms with Gasteiger partial charge in [-0.1, -0.05) is 56.3 Å². The monoisotopic (exact) mass is 239 g/mol. The predicted molar refractivity (Wildman–Crippen MR) is 78.2 cm³/mol. The Balaban J connectivity index is 2.47. The van der Waals surface area contributed by atoms with Crippen molar-refractivity contribution in [1.29, 1.82) is 0 Å². The Morgan fingerprint density at radius 3 is 2.33 bits per heavy atom. The van der Waals surface area contributed by atoms with Crippen molar-refractivity contribution in [2.75, 3.05) is 0 Å². The van der Waals surface area contributed by atoms with E-state index in [2.05, 4.69) is 67.7 Å². The summed E-state index contributed by atoms with van der Waals surface area (Å²) in [5, 5.41) is 3.44. The van der Waals surface area contributed by atoms with E-state index in [4.69, 9.17) is 0 Å². The lowest BCUT2D eigenvalue weighted by Gasteiger charge is -2.35. The second-order valence-electron chi connectivity index (χ2n) is 4.62. The van der Waals surface area contributed by atoms with E-state index in [1.807, 2.05) is 12.3 Å². The van der Waals surface area contributed by atoms with Gasteiger partial charge in [0.1, 0.15) is 0 Å². The van der Waals surface area contributed by atoms with Gasteiger partial charge in [0.05, 0.1) is 0 Å². The lowest BCUT2D eigenvalue weighted by molar-refractivity contribution is 0.448. The molecule has 0 atom stereocenters. The van der Waals surface area contributed by atoms with Gasteiger partial charge in [-0.2, -0.15) is 0 Å². The maximum absolute atomic E-state index is 3.44. The molecule has 0 aliphatic carbocycles. The molecule has 0 fully saturated rings. The van der Waals surface area contributed by atoms with Gasteiger partial charge in [0.2, 0.25) is 0 Å². The summed E-state index contributed by atoms with van der Waals surface area (Å²) >= 11 is 0. The van der Waals surface area contributed by atoms with Crippen LogP contribution in [0.15, 0.2) is 66.5 Å². The van der Waals surface area contributed by atoms with E-state index in [9.17, 15) is 0 Å². The second-order valence-corrected chi connectivity index (χ2v) is 4.62. The molecule has 1 heterocycles. The fourth-order valence-electron chi connectivity index (χ4n) is 2.71. The lowest BCUT2D eigenvalue weighted by Crippen LogP contribution is -2.33. The maximum Gasteiger partial charge on any atom is 0.0348 e. The van der Waals surface area contributed by atoms with E-state index in [1.54, 1.807) is 0 Å². The van der Waals surface area contributed by atoms with Gasteiger partial charge >= 0.3 is 0 Å². The molecular weight excluding hydrogens is 218 g/mol. The number of rotatable bonds is 4. The summed E-state index contributed by atoms with van der Waals surface area (Å²) in [5.41, 5.74) is 2.75. The number of allylic oxidation sites excluding steroid dienone is 5. The highest BCUT2D eigenvalue weighted by Crippen LogP contribution is 2.37. The first kappa shape index (κ1) is 12.7. The molecule has 1 aromatic rings. The van der Waals surface area contributed by atoms with Gasteiger partial charge in [0.25, 0.3) is 0 Å². The topological polar surface area (TPSA) is 12.0 Å². The minimum absolute atomic E-state index is 0.0836. The summed E-state index contributed by atoms with van der Waals surface area (Å²) in [4.78, 5) is 0. The van der Waals surface area contributed by atoms with Crippen LogP contribution in [0.1, 0.15) is 32.3 Å². The molecule has 0 aromatic heterocycles. The minimum atomic E-state index is 0.0836. The molecule has 0 saturated heterocycles. The number of nitrogens with one attached hydrogen (secondary N) is 1. The first-order valence-corrected chi connectivity index (χ1v) is 6.69. The van der Waals surface area contributed by atoms with Gasteiger partial charge < -0.3 is 5.32 Å². The van der Waals surface area contributed by atoms with E-state index in [-0.39, 0.29) is 5.41 Å². The molecule has 1 aliphatic heterocycles. The highest BCUT2D eigenvalue weighted by molar-refractivity contribution is 5.39. The van der Waals surface area contributed by atoms with E-state index in [0.29, 0.717) is 0 Å². The summed E-state index contributed by atoms with van der Waals surface area (Å²) in [6.45, 7) is 4.52. The first-order chi connectivity index (χ1) is 8.83. The van der Waals surface area contributed by atoms with E-state index in [0.717, 1.165) is 12.8 Å². The fourth-order valence-corrected chi connectivity index (χ4v) is 2.71. The molecule has 2 rings (SSSR count). The second kappa shape index (κ2) is 5.72. The van der Waals surface area contributed by atoms with Gasteiger partial charge in [0.15, 0.2) is 0 Å². The summed E-state index contributed by atoms with van der Waals surface area (Å²) in [7, 11) is 0. The Kier molecular flexibility index (Phi) is 4.03. The summed E-state index contributed by atoms with van der Waals surface area (Å²) in [6, 6.07) is 10.8. The van der Waals surface area contributed by atoms with Crippen molar-refractivity contribution in [1.82, 2.24) is 5.32 Å². The highest BCUT2D eigenvalue weighted by Gasteiger charge is 2.32. The van der Waals surface area contributed by atoms with Crippen LogP contribution in [0, 0.1) is 0 Å². The third-order valence-electron chi connectivity index (χ3n) is 3.87. The zero-order chi connectivity index (χ0) is 12.8. The molecule has 0 spiro atoms. The van der Waals surface area contributed by atoms with Crippen LogP contribution in [0.4, 0.5) is 0 Å². The Morgan fingerprint density at radius 2 is 1.67 bits per heavy atom. The zero-order valence-corrected chi connectivity index (χ0v) is 11.2. The van der Waals surface area contributed by atoms with Crippen molar-refractivity contribution in [3.05, 3.63) is 72.1 Å². The Morgan fingerprint density at radius 1 is 0.944 bits per heavy atom. The Hall–Kier alpha value is -1.76. The van der Waals surface area contributed by atoms with Crippen LogP contribution in [-0.4, -0.2) is 0 Å². The first-order valence-electron chi connectivity index (χ1n) is 6.69. The van der Waals surface area contributed by atoms with Crippen LogP contribution < -0.4 is 5.32 Å². The molecule has 1 aromatic carbocycles. The van der Waals surface area contributed by atoms with Crippen LogP contribution in [0.2, 0.25) is 0 Å². The largest absolute Gasteiger partial charge is 0.364 e. The van der Waals surface area contributed by atoms with Crippen molar-refractivity contribution in [3.63, 3.8) is 0 Å². The van der Waals surface area contributed by atoms with E-state index >= 15 is 0 Å². The molecule has 0 radical (unpaired) electrons. The third kappa shape index (κ3) is 2.26. The SMILES string of the molecule is CCC(CC)(C1=CC=CC=CN1)c1ccccc1. The van der Waals surface area contributed by atoms with Gasteiger partial charge in [-0.3, -0.25) is 0 Å². The van der Waals surface area contributed by atoms with Crippen molar-refractivity contribution in [2.24, 2.45) is 0 Å². The smallest absolute Gasteiger partial charge is 0.0348 e. The number of hydrogen-bond donors (Lipinski definition) is 1. The summed E-state index contributed by atoms with van der Waals surface area (Å²) in [5.74, 6) is 0. The van der Waals surface area contributed by atoms with Crippen molar-refractivity contribution in [3.8, 4) is 0 Å². The van der Waals surface area contributed by atoms with Gasteiger partial charge in [-0.15, -0.1) is 0 Å². The minimum Gasteiger partial charge on any atom is -0.364 e. The van der Waals surface area contributed by atoms with Crippen LogP contribution in [0.3, 0.4) is 0 Å². The molecule has 1 N–H and O–H groups in total. The van der Waals surface area contributed by atoms with Crippen LogP contribution in [0.25, 0.3) is 0 Å². The maximum atomic E-state index is 3.44. The standard InChI is InChI=1S/C17H21N/c1-3-17(4-2,15-11-7-5-8-12-15)16-13-9-6-10-14-18-16/h5-14,18H,3-4H2,1-2H3. The summed E-state index contributed by atoms with van der Waals surface area (Å²) in [6.07, 6.45) is 12.6. The van der Waals surface area contributed by atoms with E-state index in [1.165, 1.54) is 11.3 Å². The molecule has 0 bridgehead atoms. The van der Waals surface area contributed by atoms with Crippen molar-refractivity contribution in [2.45, 2.75) is 32.1 Å². The fraction of sp³-hybridized carbons (Fsp3) is 0.294. The summed E-state index contributed by atoms with van der Waals surface area (Å²) < 4.78 is 0. The van der Waals surface area contributed by atoms with Crippen LogP contribution in [0.5, 0.6) is 0 Å². The van der Waals surface area contributed by atoms with Gasteiger partial charge in [-0.25, -0.2) is 0 Å². The average molecular weight is 239 g/mol. The molecule has 1 nitrogen and oxygen atoms in total. The molecule has 0 unspecified atom stereocenters. The normalized spacial score (nSPS) is 14.9. The average Bonchev–Trinajstić information content (AvgIpc) is 2.72. The molecule has 94 valence electrons. The zero-order valence-electron chi connectivity index (χ0n) is 11.2. The third-order valence-corrected chi connectivity index (χ3v) is 3.87. The molecule has 1 heteroatoms. The Labute approximate surface area is 110 Å². The quantitative estimate of drug-likeness (QED) is 0.826. The van der Waals surface area contributed by atoms with Gasteiger partial charge in [-0.05, 0) is 30.6 Å². The Bertz CT molecular complexity index is 462. The van der Waals surface area contributed by atoms with Crippen LogP contribution in [-0.2, 0) is 5.41 Å². The van der Waals surface area contributed by atoms with Crippen molar-refractivity contribution >= 4 is 0 Å². The van der Waals surface area contributed by atoms with E-state index < -0.39 is 0 Å². The molecule has 0 amide bonds. The molecule has 0 saturated carbocycles. The molecular formula is C17H21N. The lowest BCUT2D eigenvalue weighted by atomic mass is 9.73. The number of hydrogen-bond acceptors (Lipinski definition) is 1. The van der Waals surface area contributed by atoms with Crippen LogP contribution >= 0.6 is 0 Å². The highest BCUT2D eigenvalue weighted by atomic mass is 14.9. The predicted octanol–water partition coefficient (Wildman–Crippen LogP) is 4.30. The molecule has 18 heavy (non-hydrogen) atoms. The molecule has 1 aliphatic rings. The number of benzene rings is 1. The van der Waals surface area contributed by atoms with Crippen molar-refractivity contribution < 1.29 is 0 Å². The van der Waals surface area contributed by atoms with Gasteiger partial charge in [0, 0.05) is 17.3 Å².